The summed E-state index contributed by atoms with van der Waals surface area (Å²) in [5.41, 5.74) is 4.66. The lowest BCUT2D eigenvalue weighted by molar-refractivity contribution is 0.618. The summed E-state index contributed by atoms with van der Waals surface area (Å²) in [6, 6.07) is 0. The van der Waals surface area contributed by atoms with Gasteiger partial charge in [0.05, 0.1) is 9.75 Å². The van der Waals surface area contributed by atoms with Crippen LogP contribution in [0.3, 0.4) is 0 Å². The molecule has 0 saturated carbocycles. The second-order valence-corrected chi connectivity index (χ2v) is 12.7. The van der Waals surface area contributed by atoms with Crippen LogP contribution in [0.2, 0.25) is 0 Å². The van der Waals surface area contributed by atoms with E-state index >= 15 is 0 Å². The minimum Gasteiger partial charge on any atom is -0.119 e. The topological polar surface area (TPSA) is 0 Å². The molecule has 0 nitrogen and oxygen atoms in total. The van der Waals surface area contributed by atoms with Gasteiger partial charge in [0.15, 0.2) is 0 Å². The molecule has 0 saturated heterocycles. The molecule has 0 aliphatic carbocycles. The van der Waals surface area contributed by atoms with Crippen molar-refractivity contribution in [1.82, 2.24) is 0 Å². The fourth-order valence-electron chi connectivity index (χ4n) is 1.75. The van der Waals surface area contributed by atoms with Crippen molar-refractivity contribution in [3.8, 4) is 0 Å². The van der Waals surface area contributed by atoms with E-state index in [1.807, 2.05) is 27.7 Å². The van der Waals surface area contributed by atoms with Crippen LogP contribution in [0.4, 0.5) is 0 Å². The van der Waals surface area contributed by atoms with Gasteiger partial charge in [0.2, 0.25) is 0 Å². The number of allylic oxidation sites excluding steroid dienone is 4. The van der Waals surface area contributed by atoms with Gasteiger partial charge in [0.1, 0.15) is 0 Å². The van der Waals surface area contributed by atoms with Gasteiger partial charge in [-0.15, -0.1) is 23.2 Å². The third-order valence-electron chi connectivity index (χ3n) is 3.78. The molecule has 0 aliphatic heterocycles. The first kappa shape index (κ1) is 31.8. The van der Waals surface area contributed by atoms with Gasteiger partial charge in [-0.2, -0.15) is 0 Å². The Balaban J connectivity index is 0. The molecular formula is C20H28Br2Cl6. The molecule has 0 fully saturated rings. The molecular weight excluding hydrogens is 613 g/mol. The quantitative estimate of drug-likeness (QED) is 0.165. The molecule has 2 unspecified atom stereocenters. The predicted molar refractivity (Wildman–Crippen MR) is 142 cm³/mol. The van der Waals surface area contributed by atoms with Gasteiger partial charge >= 0.3 is 0 Å². The van der Waals surface area contributed by atoms with Gasteiger partial charge in [-0.1, -0.05) is 91.4 Å². The van der Waals surface area contributed by atoms with E-state index in [4.69, 9.17) is 69.6 Å². The van der Waals surface area contributed by atoms with Gasteiger partial charge in [-0.3, -0.25) is 0 Å². The molecule has 164 valence electrons. The Morgan fingerprint density at radius 1 is 0.786 bits per heavy atom. The Labute approximate surface area is 217 Å². The van der Waals surface area contributed by atoms with Crippen LogP contribution < -0.4 is 0 Å². The molecule has 0 aliphatic rings. The van der Waals surface area contributed by atoms with Crippen molar-refractivity contribution in [2.45, 2.75) is 72.8 Å². The molecule has 8 heteroatoms. The first-order chi connectivity index (χ1) is 12.6. The lowest BCUT2D eigenvalue weighted by Crippen LogP contribution is -2.24. The van der Waals surface area contributed by atoms with Crippen LogP contribution in [0, 0.1) is 0 Å². The summed E-state index contributed by atoms with van der Waals surface area (Å²) >= 11 is 42.0. The van der Waals surface area contributed by atoms with Crippen LogP contribution in [-0.2, 0) is 0 Å². The van der Waals surface area contributed by atoms with Crippen LogP contribution in [-0.4, -0.2) is 19.4 Å². The molecule has 0 heterocycles. The van der Waals surface area contributed by atoms with Gasteiger partial charge in [-0.25, -0.2) is 0 Å². The predicted octanol–water partition coefficient (Wildman–Crippen LogP) is 10.8. The van der Waals surface area contributed by atoms with Crippen molar-refractivity contribution in [3.05, 3.63) is 45.4 Å². The maximum absolute atomic E-state index is 6.14. The summed E-state index contributed by atoms with van der Waals surface area (Å²) in [4.78, 5) is -0.102. The molecule has 0 aromatic carbocycles. The van der Waals surface area contributed by atoms with E-state index in [0.717, 1.165) is 36.8 Å². The zero-order valence-corrected chi connectivity index (χ0v) is 24.3. The van der Waals surface area contributed by atoms with E-state index < -0.39 is 0 Å². The molecule has 0 aromatic heterocycles. The first-order valence-corrected chi connectivity index (χ1v) is 12.7. The summed E-state index contributed by atoms with van der Waals surface area (Å²) < 4.78 is 0. The van der Waals surface area contributed by atoms with Gasteiger partial charge in [0.25, 0.3) is 0 Å². The highest BCUT2D eigenvalue weighted by atomic mass is 79.9. The van der Waals surface area contributed by atoms with Crippen molar-refractivity contribution in [3.63, 3.8) is 0 Å². The Morgan fingerprint density at radius 2 is 1.04 bits per heavy atom. The van der Waals surface area contributed by atoms with Crippen LogP contribution >= 0.6 is 101 Å². The third kappa shape index (κ3) is 15.5. The molecule has 0 N–H and O–H groups in total. The number of alkyl halides is 4. The van der Waals surface area contributed by atoms with Crippen LogP contribution in [0.15, 0.2) is 45.4 Å². The van der Waals surface area contributed by atoms with Gasteiger partial charge in [-0.05, 0) is 64.5 Å². The van der Waals surface area contributed by atoms with Gasteiger partial charge < -0.3 is 0 Å². The Hall–Kier alpha value is 1.66. The molecule has 28 heavy (non-hydrogen) atoms. The molecule has 0 spiro atoms. The van der Waals surface area contributed by atoms with E-state index in [0.29, 0.717) is 10.1 Å². The average molecular weight is 641 g/mol. The highest BCUT2D eigenvalue weighted by Gasteiger charge is 2.25. The monoisotopic (exact) mass is 636 g/mol. The van der Waals surface area contributed by atoms with Crippen molar-refractivity contribution >= 4 is 101 Å². The fraction of sp³-hybridized carbons (Fsp3) is 0.600. The minimum atomic E-state index is -0.273. The SMILES string of the molecule is C=C(Cl)/C(=C/Cl)CCC(Br)C(C)(C)Cl.C=C(Cl)/C(=C\Cl)CCC(Br)C(C)(C)Cl. The summed E-state index contributed by atoms with van der Waals surface area (Å²) in [5, 5.41) is 0.985. The number of halogens is 8. The van der Waals surface area contributed by atoms with E-state index in [1.54, 1.807) is 0 Å². The molecule has 2 atom stereocenters. The molecule has 0 radical (unpaired) electrons. The maximum atomic E-state index is 6.14. The largest absolute Gasteiger partial charge is 0.119 e. The molecule has 0 aromatic rings. The van der Waals surface area contributed by atoms with E-state index in [9.17, 15) is 0 Å². The summed E-state index contributed by atoms with van der Waals surface area (Å²) in [6.07, 6.45) is 3.30. The Bertz CT molecular complexity index is 506. The second-order valence-electron chi connectivity index (χ2n) is 7.22. The van der Waals surface area contributed by atoms with Crippen LogP contribution in [0.1, 0.15) is 53.4 Å². The number of hydrogen-bond donors (Lipinski definition) is 0. The molecule has 0 rings (SSSR count). The minimum absolute atomic E-state index is 0.222. The normalized spacial score (nSPS) is 15.4. The van der Waals surface area contributed by atoms with Crippen molar-refractivity contribution < 1.29 is 0 Å². The lowest BCUT2D eigenvalue weighted by Gasteiger charge is -2.23. The summed E-state index contributed by atoms with van der Waals surface area (Å²) in [5.74, 6) is 0. The fourth-order valence-corrected chi connectivity index (χ4v) is 3.32. The standard InChI is InChI=1S/2C10H14BrCl3/c2*1-7(13)8(6-12)4-5-9(11)10(2,3)14/h2*6,9H,1,4-5H2,2-3H3/b8-6+;8-6-. The van der Waals surface area contributed by atoms with E-state index in [1.165, 1.54) is 11.1 Å². The number of hydrogen-bond acceptors (Lipinski definition) is 0. The summed E-state index contributed by atoms with van der Waals surface area (Å²) in [6.45, 7) is 15.1. The highest BCUT2D eigenvalue weighted by molar-refractivity contribution is 9.09. The lowest BCUT2D eigenvalue weighted by atomic mass is 10.0. The average Bonchev–Trinajstić information content (AvgIpc) is 2.53. The van der Waals surface area contributed by atoms with Crippen LogP contribution in [0.25, 0.3) is 0 Å². The number of rotatable bonds is 10. The smallest absolute Gasteiger partial charge is 0.0515 e. The molecule has 0 bridgehead atoms. The van der Waals surface area contributed by atoms with Crippen molar-refractivity contribution in [1.29, 1.82) is 0 Å². The van der Waals surface area contributed by atoms with Gasteiger partial charge in [0, 0.05) is 30.8 Å². The summed E-state index contributed by atoms with van der Waals surface area (Å²) in [7, 11) is 0. The Morgan fingerprint density at radius 3 is 1.18 bits per heavy atom. The Kier molecular flexibility index (Phi) is 17.6. The zero-order valence-electron chi connectivity index (χ0n) is 16.6. The third-order valence-corrected chi connectivity index (χ3v) is 9.06. The van der Waals surface area contributed by atoms with Crippen molar-refractivity contribution in [2.75, 3.05) is 0 Å². The van der Waals surface area contributed by atoms with E-state index in [-0.39, 0.29) is 19.4 Å². The van der Waals surface area contributed by atoms with Crippen molar-refractivity contribution in [2.24, 2.45) is 0 Å². The van der Waals surface area contributed by atoms with Crippen LogP contribution in [0.5, 0.6) is 0 Å². The second kappa shape index (κ2) is 15.5. The van der Waals surface area contributed by atoms with E-state index in [2.05, 4.69) is 45.0 Å². The highest BCUT2D eigenvalue weighted by Crippen LogP contribution is 2.32. The first-order valence-electron chi connectivity index (χ1n) is 8.51. The molecule has 0 amide bonds. The zero-order chi connectivity index (χ0) is 22.7. The maximum Gasteiger partial charge on any atom is 0.0515 e.